The fourth-order valence-electron chi connectivity index (χ4n) is 3.71. The van der Waals surface area contributed by atoms with Gasteiger partial charge in [0.15, 0.2) is 9.84 Å². The largest absolute Gasteiger partial charge is 0.441 e. The van der Waals surface area contributed by atoms with Gasteiger partial charge in [-0.15, -0.1) is 0 Å². The van der Waals surface area contributed by atoms with Crippen LogP contribution in [-0.2, 0) is 20.3 Å². The van der Waals surface area contributed by atoms with Crippen LogP contribution in [0.3, 0.4) is 0 Å². The van der Waals surface area contributed by atoms with Crippen LogP contribution in [0, 0.1) is 13.8 Å². The van der Waals surface area contributed by atoms with Gasteiger partial charge in [-0.3, -0.25) is 9.69 Å². The summed E-state index contributed by atoms with van der Waals surface area (Å²) in [6.45, 7) is 8.19. The first kappa shape index (κ1) is 24.1. The van der Waals surface area contributed by atoms with Gasteiger partial charge >= 0.3 is 0 Å². The lowest BCUT2D eigenvalue weighted by atomic mass is 10.1. The van der Waals surface area contributed by atoms with Crippen molar-refractivity contribution in [3.05, 3.63) is 71.1 Å². The zero-order chi connectivity index (χ0) is 24.1. The van der Waals surface area contributed by atoms with E-state index in [4.69, 9.17) is 9.15 Å². The van der Waals surface area contributed by atoms with Gasteiger partial charge in [0.05, 0.1) is 23.8 Å². The van der Waals surface area contributed by atoms with Gasteiger partial charge in [-0.1, -0.05) is 17.7 Å². The van der Waals surface area contributed by atoms with Crippen molar-refractivity contribution in [1.29, 1.82) is 0 Å². The molecule has 0 bridgehead atoms. The summed E-state index contributed by atoms with van der Waals surface area (Å²) in [6.07, 6.45) is 0. The molecule has 1 saturated heterocycles. The molecule has 1 aromatic heterocycles. The Kier molecular flexibility index (Phi) is 7.45. The molecular formula is C25H29N3O5S. The fraction of sp³-hybridized carbons (Fsp3) is 0.360. The zero-order valence-corrected chi connectivity index (χ0v) is 20.2. The van der Waals surface area contributed by atoms with Gasteiger partial charge in [0.2, 0.25) is 5.89 Å². The van der Waals surface area contributed by atoms with Crippen LogP contribution in [0.4, 0.5) is 0 Å². The van der Waals surface area contributed by atoms with Crippen molar-refractivity contribution >= 4 is 15.7 Å². The van der Waals surface area contributed by atoms with E-state index >= 15 is 0 Å². The number of rotatable bonds is 8. The van der Waals surface area contributed by atoms with Crippen LogP contribution in [0.1, 0.15) is 27.4 Å². The van der Waals surface area contributed by atoms with Crippen LogP contribution in [0.5, 0.6) is 0 Å². The number of sulfone groups is 1. The summed E-state index contributed by atoms with van der Waals surface area (Å²) >= 11 is 0. The third-order valence-electron chi connectivity index (χ3n) is 5.81. The zero-order valence-electron chi connectivity index (χ0n) is 19.4. The van der Waals surface area contributed by atoms with E-state index in [1.807, 2.05) is 6.92 Å². The first-order valence-corrected chi connectivity index (χ1v) is 12.9. The number of amides is 1. The standard InChI is InChI=1S/C25H29N3O5S/c1-18-3-9-22(10-4-18)34(30,31)17-23-19(2)33-25(27-23)21-7-5-20(6-8-21)24(29)26-11-12-28-13-15-32-16-14-28/h3-10H,11-17H2,1-2H3,(H,26,29). The number of nitrogens with one attached hydrogen (secondary N) is 1. The number of aromatic nitrogens is 1. The fourth-order valence-corrected chi connectivity index (χ4v) is 5.06. The number of carbonyl (C=O) groups is 1. The normalized spacial score (nSPS) is 14.8. The molecule has 0 unspecified atom stereocenters. The monoisotopic (exact) mass is 483 g/mol. The summed E-state index contributed by atoms with van der Waals surface area (Å²) in [7, 11) is -3.54. The van der Waals surface area contributed by atoms with Gasteiger partial charge in [0.25, 0.3) is 5.91 Å². The molecule has 9 heteroatoms. The summed E-state index contributed by atoms with van der Waals surface area (Å²) in [5, 5.41) is 2.94. The first-order chi connectivity index (χ1) is 16.3. The Morgan fingerprint density at radius 2 is 1.71 bits per heavy atom. The Balaban J connectivity index is 1.38. The maximum absolute atomic E-state index is 12.8. The minimum atomic E-state index is -3.54. The van der Waals surface area contributed by atoms with Gasteiger partial charge in [0, 0.05) is 37.3 Å². The lowest BCUT2D eigenvalue weighted by Crippen LogP contribution is -2.41. The highest BCUT2D eigenvalue weighted by atomic mass is 32.2. The Bertz CT molecular complexity index is 1230. The number of aryl methyl sites for hydroxylation is 2. The highest BCUT2D eigenvalue weighted by Gasteiger charge is 2.21. The van der Waals surface area contributed by atoms with E-state index in [0.29, 0.717) is 35.0 Å². The summed E-state index contributed by atoms with van der Waals surface area (Å²) in [5.74, 6) is 0.393. The van der Waals surface area contributed by atoms with E-state index in [9.17, 15) is 13.2 Å². The van der Waals surface area contributed by atoms with E-state index in [-0.39, 0.29) is 16.6 Å². The number of ether oxygens (including phenoxy) is 1. The predicted octanol–water partition coefficient (Wildman–Crippen LogP) is 2.99. The summed E-state index contributed by atoms with van der Waals surface area (Å²) < 4.78 is 36.6. The van der Waals surface area contributed by atoms with Crippen LogP contribution < -0.4 is 5.32 Å². The molecule has 1 aliphatic rings. The summed E-state index contributed by atoms with van der Waals surface area (Å²) in [5.41, 5.74) is 2.58. The second kappa shape index (κ2) is 10.5. The molecule has 2 aromatic carbocycles. The van der Waals surface area contributed by atoms with Crippen LogP contribution in [0.2, 0.25) is 0 Å². The van der Waals surface area contributed by atoms with Crippen LogP contribution in [0.25, 0.3) is 11.5 Å². The molecule has 0 saturated carbocycles. The third kappa shape index (κ3) is 5.91. The van der Waals surface area contributed by atoms with E-state index < -0.39 is 9.84 Å². The second-order valence-electron chi connectivity index (χ2n) is 8.38. The SMILES string of the molecule is Cc1ccc(S(=O)(=O)Cc2nc(-c3ccc(C(=O)NCCN4CCOCC4)cc3)oc2C)cc1. The van der Waals surface area contributed by atoms with E-state index in [1.165, 1.54) is 0 Å². The summed E-state index contributed by atoms with van der Waals surface area (Å²) in [4.78, 5) is 19.4. The number of benzene rings is 2. The Hall–Kier alpha value is -3.01. The number of hydrogen-bond acceptors (Lipinski definition) is 7. The topological polar surface area (TPSA) is 102 Å². The van der Waals surface area contributed by atoms with E-state index in [1.54, 1.807) is 55.5 Å². The molecule has 2 heterocycles. The quantitative estimate of drug-likeness (QED) is 0.526. The molecule has 4 rings (SSSR count). The Morgan fingerprint density at radius 3 is 2.38 bits per heavy atom. The van der Waals surface area contributed by atoms with E-state index in [0.717, 1.165) is 38.4 Å². The number of carbonyl (C=O) groups excluding carboxylic acids is 1. The Morgan fingerprint density at radius 1 is 1.03 bits per heavy atom. The molecule has 0 aliphatic carbocycles. The second-order valence-corrected chi connectivity index (χ2v) is 10.4. The van der Waals surface area contributed by atoms with Crippen molar-refractivity contribution in [2.75, 3.05) is 39.4 Å². The van der Waals surface area contributed by atoms with Gasteiger partial charge in [-0.05, 0) is 50.2 Å². The van der Waals surface area contributed by atoms with Crippen molar-refractivity contribution in [3.8, 4) is 11.5 Å². The van der Waals surface area contributed by atoms with Crippen LogP contribution in [-0.4, -0.2) is 63.6 Å². The van der Waals surface area contributed by atoms with Gasteiger partial charge in [-0.25, -0.2) is 13.4 Å². The van der Waals surface area contributed by atoms with Gasteiger partial charge in [0.1, 0.15) is 11.5 Å². The molecular weight excluding hydrogens is 454 g/mol. The average molecular weight is 484 g/mol. The number of hydrogen-bond donors (Lipinski definition) is 1. The number of morpholine rings is 1. The minimum absolute atomic E-state index is 0.145. The number of nitrogens with zero attached hydrogens (tertiary/aromatic N) is 2. The van der Waals surface area contributed by atoms with Gasteiger partial charge in [-0.2, -0.15) is 0 Å². The van der Waals surface area contributed by atoms with Crippen molar-refractivity contribution in [1.82, 2.24) is 15.2 Å². The van der Waals surface area contributed by atoms with Crippen LogP contribution in [0.15, 0.2) is 57.8 Å². The molecule has 180 valence electrons. The smallest absolute Gasteiger partial charge is 0.251 e. The van der Waals surface area contributed by atoms with Crippen molar-refractivity contribution < 1.29 is 22.4 Å². The van der Waals surface area contributed by atoms with Crippen molar-refractivity contribution in [2.24, 2.45) is 0 Å². The molecule has 3 aromatic rings. The van der Waals surface area contributed by atoms with Crippen molar-refractivity contribution in [3.63, 3.8) is 0 Å². The maximum Gasteiger partial charge on any atom is 0.251 e. The van der Waals surface area contributed by atoms with Crippen molar-refractivity contribution in [2.45, 2.75) is 24.5 Å². The molecule has 0 spiro atoms. The molecule has 1 amide bonds. The lowest BCUT2D eigenvalue weighted by molar-refractivity contribution is 0.0383. The highest BCUT2D eigenvalue weighted by molar-refractivity contribution is 7.90. The van der Waals surface area contributed by atoms with E-state index in [2.05, 4.69) is 15.2 Å². The number of oxazole rings is 1. The average Bonchev–Trinajstić information content (AvgIpc) is 3.19. The maximum atomic E-state index is 12.8. The molecule has 1 N–H and O–H groups in total. The molecule has 0 radical (unpaired) electrons. The highest BCUT2D eigenvalue weighted by Crippen LogP contribution is 2.25. The van der Waals surface area contributed by atoms with Gasteiger partial charge < -0.3 is 14.5 Å². The summed E-state index contributed by atoms with van der Waals surface area (Å²) in [6, 6.07) is 13.7. The lowest BCUT2D eigenvalue weighted by Gasteiger charge is -2.26. The van der Waals surface area contributed by atoms with Crippen LogP contribution >= 0.6 is 0 Å². The Labute approximate surface area is 199 Å². The minimum Gasteiger partial charge on any atom is -0.441 e. The molecule has 1 fully saturated rings. The predicted molar refractivity (Wildman–Crippen MR) is 128 cm³/mol. The molecule has 34 heavy (non-hydrogen) atoms. The molecule has 8 nitrogen and oxygen atoms in total. The molecule has 1 aliphatic heterocycles. The molecule has 0 atom stereocenters. The first-order valence-electron chi connectivity index (χ1n) is 11.3. The third-order valence-corrected chi connectivity index (χ3v) is 7.45.